The number of amides is 1. The molecule has 5 nitrogen and oxygen atoms in total. The van der Waals surface area contributed by atoms with Crippen molar-refractivity contribution in [3.05, 3.63) is 22.2 Å². The lowest BCUT2D eigenvalue weighted by atomic mass is 10.1. The molecule has 0 saturated heterocycles. The lowest BCUT2D eigenvalue weighted by molar-refractivity contribution is 0.0958. The number of carbonyl (C=O) groups excluding carboxylic acids is 1. The van der Waals surface area contributed by atoms with Gasteiger partial charge in [-0.2, -0.15) is 0 Å². The van der Waals surface area contributed by atoms with Crippen molar-refractivity contribution >= 4 is 43.9 Å². The zero-order chi connectivity index (χ0) is 15.6. The van der Waals surface area contributed by atoms with E-state index in [0.29, 0.717) is 29.3 Å². The largest absolute Gasteiger partial charge is 0.397 e. The fourth-order valence-corrected chi connectivity index (χ4v) is 3.88. The number of anilines is 1. The number of aryl methyl sites for hydroxylation is 2. The van der Waals surface area contributed by atoms with Gasteiger partial charge in [-0.3, -0.25) is 9.00 Å². The summed E-state index contributed by atoms with van der Waals surface area (Å²) in [6.45, 7) is 4.39. The maximum Gasteiger partial charge on any atom is 0.263 e. The van der Waals surface area contributed by atoms with Crippen LogP contribution in [0.5, 0.6) is 0 Å². The summed E-state index contributed by atoms with van der Waals surface area (Å²) in [7, 11) is -0.831. The van der Waals surface area contributed by atoms with Crippen molar-refractivity contribution in [2.24, 2.45) is 0 Å². The van der Waals surface area contributed by atoms with Gasteiger partial charge in [0.05, 0.1) is 5.69 Å². The predicted octanol–water partition coefficient (Wildman–Crippen LogP) is 1.99. The first-order chi connectivity index (χ1) is 9.90. The highest BCUT2D eigenvalue weighted by Crippen LogP contribution is 2.34. The van der Waals surface area contributed by atoms with Crippen LogP contribution in [0.15, 0.2) is 6.07 Å². The van der Waals surface area contributed by atoms with Gasteiger partial charge in [0.2, 0.25) is 0 Å². The van der Waals surface area contributed by atoms with E-state index in [1.54, 1.807) is 6.26 Å². The fourth-order valence-electron chi connectivity index (χ4n) is 2.20. The highest BCUT2D eigenvalue weighted by Gasteiger charge is 2.18. The molecule has 0 saturated carbocycles. The number of nitrogens with one attached hydrogen (secondary N) is 1. The molecule has 7 heteroatoms. The third-order valence-corrected chi connectivity index (χ3v) is 5.09. The monoisotopic (exact) mass is 325 g/mol. The first-order valence-corrected chi connectivity index (χ1v) is 9.19. The number of nitrogens with zero attached hydrogens (tertiary/aromatic N) is 1. The Morgan fingerprint density at radius 1 is 1.48 bits per heavy atom. The molecule has 1 amide bonds. The normalized spacial score (nSPS) is 12.5. The minimum atomic E-state index is -0.831. The zero-order valence-corrected chi connectivity index (χ0v) is 14.0. The topological polar surface area (TPSA) is 85.1 Å². The zero-order valence-electron chi connectivity index (χ0n) is 12.4. The molecular formula is C14H19N3O2S2. The van der Waals surface area contributed by atoms with Gasteiger partial charge in [0.15, 0.2) is 0 Å². The molecule has 2 heterocycles. The molecule has 0 aromatic carbocycles. The van der Waals surface area contributed by atoms with E-state index in [4.69, 9.17) is 5.73 Å². The van der Waals surface area contributed by atoms with Gasteiger partial charge in [0, 0.05) is 40.4 Å². The Morgan fingerprint density at radius 2 is 2.19 bits per heavy atom. The highest BCUT2D eigenvalue weighted by atomic mass is 32.2. The molecule has 21 heavy (non-hydrogen) atoms. The van der Waals surface area contributed by atoms with Crippen LogP contribution in [0.25, 0.3) is 10.2 Å². The number of aromatic nitrogens is 1. The van der Waals surface area contributed by atoms with Crippen LogP contribution in [0.4, 0.5) is 5.69 Å². The van der Waals surface area contributed by atoms with Crippen molar-refractivity contribution < 1.29 is 9.00 Å². The van der Waals surface area contributed by atoms with Gasteiger partial charge in [0.1, 0.15) is 9.71 Å². The lowest BCUT2D eigenvalue weighted by Gasteiger charge is -2.03. The Hall–Kier alpha value is -1.47. The maximum absolute atomic E-state index is 12.2. The van der Waals surface area contributed by atoms with Gasteiger partial charge in [0.25, 0.3) is 5.91 Å². The quantitative estimate of drug-likeness (QED) is 0.823. The van der Waals surface area contributed by atoms with E-state index in [9.17, 15) is 9.00 Å². The number of nitrogens with two attached hydrogens (primary N) is 1. The molecule has 2 aromatic heterocycles. The van der Waals surface area contributed by atoms with Crippen molar-refractivity contribution in [3.63, 3.8) is 0 Å². The first kappa shape index (κ1) is 15.9. The number of nitrogen functional groups attached to an aromatic ring is 1. The fraction of sp³-hybridized carbons (Fsp3) is 0.429. The van der Waals surface area contributed by atoms with Crippen LogP contribution >= 0.6 is 11.3 Å². The maximum atomic E-state index is 12.2. The molecule has 3 N–H and O–H groups in total. The molecule has 0 aliphatic carbocycles. The highest BCUT2D eigenvalue weighted by molar-refractivity contribution is 7.84. The van der Waals surface area contributed by atoms with Gasteiger partial charge < -0.3 is 11.1 Å². The number of fused-ring (bicyclic) bond motifs is 1. The van der Waals surface area contributed by atoms with Crippen molar-refractivity contribution in [2.75, 3.05) is 24.3 Å². The van der Waals surface area contributed by atoms with E-state index in [2.05, 4.69) is 10.3 Å². The Kier molecular flexibility index (Phi) is 4.95. The smallest absolute Gasteiger partial charge is 0.263 e. The van der Waals surface area contributed by atoms with Crippen molar-refractivity contribution in [2.45, 2.75) is 20.3 Å². The first-order valence-electron chi connectivity index (χ1n) is 6.64. The van der Waals surface area contributed by atoms with Crippen LogP contribution in [-0.4, -0.2) is 33.7 Å². The van der Waals surface area contributed by atoms with Crippen molar-refractivity contribution in [3.8, 4) is 0 Å². The van der Waals surface area contributed by atoms with Crippen LogP contribution in [0.3, 0.4) is 0 Å². The van der Waals surface area contributed by atoms with Gasteiger partial charge in [-0.15, -0.1) is 11.3 Å². The molecule has 0 radical (unpaired) electrons. The second kappa shape index (κ2) is 6.53. The molecule has 0 spiro atoms. The van der Waals surface area contributed by atoms with Crippen LogP contribution in [0.2, 0.25) is 0 Å². The summed E-state index contributed by atoms with van der Waals surface area (Å²) < 4.78 is 11.0. The number of thiophene rings is 1. The second-order valence-electron chi connectivity index (χ2n) is 4.99. The van der Waals surface area contributed by atoms with E-state index in [0.717, 1.165) is 21.5 Å². The molecular weight excluding hydrogens is 306 g/mol. The summed E-state index contributed by atoms with van der Waals surface area (Å²) in [5.74, 6) is 0.400. The van der Waals surface area contributed by atoms with Crippen molar-refractivity contribution in [1.82, 2.24) is 10.3 Å². The molecule has 114 valence electrons. The Balaban J connectivity index is 2.18. The Bertz CT molecular complexity index is 710. The van der Waals surface area contributed by atoms with Crippen LogP contribution in [0, 0.1) is 13.8 Å². The van der Waals surface area contributed by atoms with E-state index >= 15 is 0 Å². The molecule has 2 aromatic rings. The van der Waals surface area contributed by atoms with Crippen LogP contribution < -0.4 is 11.1 Å². The van der Waals surface area contributed by atoms with E-state index in [1.165, 1.54) is 11.3 Å². The van der Waals surface area contributed by atoms with Crippen LogP contribution in [-0.2, 0) is 10.8 Å². The van der Waals surface area contributed by atoms with E-state index in [1.807, 2.05) is 19.9 Å². The van der Waals surface area contributed by atoms with Crippen molar-refractivity contribution in [1.29, 1.82) is 0 Å². The minimum Gasteiger partial charge on any atom is -0.397 e. The molecule has 0 aliphatic heterocycles. The summed E-state index contributed by atoms with van der Waals surface area (Å²) in [4.78, 5) is 17.9. The number of hydrogen-bond donors (Lipinski definition) is 2. The molecule has 0 fully saturated rings. The lowest BCUT2D eigenvalue weighted by Crippen LogP contribution is -2.25. The third kappa shape index (κ3) is 3.59. The SMILES string of the molecule is Cc1cc(C)c2c(N)c(C(=O)NCCCS(C)=O)sc2n1. The average Bonchev–Trinajstić information content (AvgIpc) is 2.71. The standard InChI is InChI=1S/C14H19N3O2S2/c1-8-7-9(2)17-14-10(8)11(15)12(20-14)13(18)16-5-4-6-21(3)19/h7H,4-6,15H2,1-3H3,(H,16,18). The summed E-state index contributed by atoms with van der Waals surface area (Å²) in [6.07, 6.45) is 2.35. The number of rotatable bonds is 5. The second-order valence-corrected chi connectivity index (χ2v) is 7.55. The summed E-state index contributed by atoms with van der Waals surface area (Å²) in [6, 6.07) is 1.96. The predicted molar refractivity (Wildman–Crippen MR) is 89.4 cm³/mol. The molecule has 1 atom stereocenters. The number of hydrogen-bond acceptors (Lipinski definition) is 5. The van der Waals surface area contributed by atoms with Gasteiger partial charge >= 0.3 is 0 Å². The van der Waals surface area contributed by atoms with Gasteiger partial charge in [-0.1, -0.05) is 0 Å². The molecule has 0 aliphatic rings. The summed E-state index contributed by atoms with van der Waals surface area (Å²) in [5, 5.41) is 3.69. The number of carbonyl (C=O) groups is 1. The van der Waals surface area contributed by atoms with E-state index in [-0.39, 0.29) is 5.91 Å². The summed E-state index contributed by atoms with van der Waals surface area (Å²) >= 11 is 1.32. The minimum absolute atomic E-state index is 0.186. The Morgan fingerprint density at radius 3 is 2.86 bits per heavy atom. The molecule has 2 rings (SSSR count). The van der Waals surface area contributed by atoms with Gasteiger partial charge in [-0.05, 0) is 31.9 Å². The Labute approximate surface area is 130 Å². The summed E-state index contributed by atoms with van der Waals surface area (Å²) in [5.41, 5.74) is 8.55. The van der Waals surface area contributed by atoms with Gasteiger partial charge in [-0.25, -0.2) is 4.98 Å². The van der Waals surface area contributed by atoms with Crippen LogP contribution in [0.1, 0.15) is 27.3 Å². The molecule has 0 bridgehead atoms. The number of pyridine rings is 1. The third-order valence-electron chi connectivity index (χ3n) is 3.12. The molecule has 1 unspecified atom stereocenters. The average molecular weight is 325 g/mol. The van der Waals surface area contributed by atoms with E-state index < -0.39 is 10.8 Å².